The molecule has 2 amide bonds. The monoisotopic (exact) mass is 402 g/mol. The fourth-order valence-corrected chi connectivity index (χ4v) is 2.59. The molecule has 0 spiro atoms. The van der Waals surface area contributed by atoms with E-state index in [1.807, 2.05) is 19.9 Å². The van der Waals surface area contributed by atoms with Gasteiger partial charge in [0.2, 0.25) is 0 Å². The average molecular weight is 402 g/mol. The van der Waals surface area contributed by atoms with Gasteiger partial charge in [-0.15, -0.1) is 0 Å². The predicted molar refractivity (Wildman–Crippen MR) is 111 cm³/mol. The van der Waals surface area contributed by atoms with Crippen molar-refractivity contribution in [2.24, 2.45) is 5.92 Å². The summed E-state index contributed by atoms with van der Waals surface area (Å²) in [5.74, 6) is -1.36. The summed E-state index contributed by atoms with van der Waals surface area (Å²) in [5.41, 5.74) is 5.65. The zero-order valence-corrected chi connectivity index (χ0v) is 16.5. The van der Waals surface area contributed by atoms with Crippen molar-refractivity contribution in [1.82, 2.24) is 16.2 Å². The molecule has 0 aliphatic rings. The minimum Gasteiger partial charge on any atom is -0.340 e. The summed E-state index contributed by atoms with van der Waals surface area (Å²) >= 11 is 5.07. The third-order valence-electron chi connectivity index (χ3n) is 4.24. The van der Waals surface area contributed by atoms with Crippen LogP contribution >= 0.6 is 12.2 Å². The van der Waals surface area contributed by atoms with Gasteiger partial charge in [-0.05, 0) is 42.4 Å². The largest absolute Gasteiger partial charge is 0.340 e. The predicted octanol–water partition coefficient (Wildman–Crippen LogP) is 2.99. The number of halogens is 1. The van der Waals surface area contributed by atoms with Crippen LogP contribution < -0.4 is 21.5 Å². The lowest BCUT2D eigenvalue weighted by molar-refractivity contribution is -0.124. The first-order valence-corrected chi connectivity index (χ1v) is 9.30. The van der Waals surface area contributed by atoms with Gasteiger partial charge in [-0.1, -0.05) is 50.6 Å². The van der Waals surface area contributed by atoms with E-state index in [2.05, 4.69) is 21.5 Å². The van der Waals surface area contributed by atoms with Crippen LogP contribution in [-0.2, 0) is 4.79 Å². The Morgan fingerprint density at radius 3 is 2.32 bits per heavy atom. The number of hydrazine groups is 1. The van der Waals surface area contributed by atoms with Gasteiger partial charge in [0.1, 0.15) is 11.9 Å². The number of para-hydroxylation sites is 1. The van der Waals surface area contributed by atoms with E-state index in [0.29, 0.717) is 12.0 Å². The van der Waals surface area contributed by atoms with Crippen LogP contribution in [0.5, 0.6) is 0 Å². The Morgan fingerprint density at radius 2 is 1.68 bits per heavy atom. The highest BCUT2D eigenvalue weighted by molar-refractivity contribution is 7.80. The Kier molecular flexibility index (Phi) is 7.88. The number of hydrogen-bond donors (Lipinski definition) is 4. The van der Waals surface area contributed by atoms with E-state index in [1.54, 1.807) is 36.4 Å². The van der Waals surface area contributed by atoms with Crippen LogP contribution in [0.1, 0.15) is 30.6 Å². The molecule has 0 fully saturated rings. The van der Waals surface area contributed by atoms with Gasteiger partial charge in [0, 0.05) is 5.56 Å². The van der Waals surface area contributed by atoms with Gasteiger partial charge in [0.15, 0.2) is 5.11 Å². The average Bonchev–Trinajstić information content (AvgIpc) is 2.71. The maximum atomic E-state index is 13.6. The number of hydrogen-bond acceptors (Lipinski definition) is 3. The van der Waals surface area contributed by atoms with E-state index < -0.39 is 17.8 Å². The van der Waals surface area contributed by atoms with Crippen molar-refractivity contribution in [3.05, 3.63) is 66.0 Å². The van der Waals surface area contributed by atoms with E-state index in [0.717, 1.165) is 0 Å². The zero-order valence-electron chi connectivity index (χ0n) is 15.7. The van der Waals surface area contributed by atoms with Crippen molar-refractivity contribution in [2.75, 3.05) is 5.32 Å². The summed E-state index contributed by atoms with van der Waals surface area (Å²) < 4.78 is 13.6. The van der Waals surface area contributed by atoms with Gasteiger partial charge in [-0.2, -0.15) is 0 Å². The number of anilines is 1. The topological polar surface area (TPSA) is 82.3 Å². The van der Waals surface area contributed by atoms with Crippen molar-refractivity contribution >= 4 is 34.8 Å². The first-order chi connectivity index (χ1) is 13.4. The summed E-state index contributed by atoms with van der Waals surface area (Å²) in [6.45, 7) is 3.79. The van der Waals surface area contributed by atoms with E-state index in [9.17, 15) is 14.0 Å². The molecule has 2 rings (SSSR count). The quantitative estimate of drug-likeness (QED) is 0.441. The smallest absolute Gasteiger partial charge is 0.261 e. The highest BCUT2D eigenvalue weighted by Gasteiger charge is 2.26. The highest BCUT2D eigenvalue weighted by Crippen LogP contribution is 2.12. The summed E-state index contributed by atoms with van der Waals surface area (Å²) in [5, 5.41) is 5.43. The molecule has 2 atom stereocenters. The second kappa shape index (κ2) is 10.4. The van der Waals surface area contributed by atoms with Crippen LogP contribution in [0, 0.1) is 11.7 Å². The molecule has 0 heterocycles. The second-order valence-corrected chi connectivity index (χ2v) is 6.66. The fraction of sp³-hybridized carbons (Fsp3) is 0.250. The van der Waals surface area contributed by atoms with Gasteiger partial charge >= 0.3 is 0 Å². The Morgan fingerprint density at radius 1 is 1.04 bits per heavy atom. The molecule has 2 unspecified atom stereocenters. The molecule has 0 saturated carbocycles. The number of amides is 2. The standard InChI is InChI=1S/C20H23FN4O2S/c1-3-13(2)17(23-18(26)14-9-5-4-6-10-14)19(27)24-25-20(28)22-16-12-8-7-11-15(16)21/h4-13,17H,3H2,1-2H3,(H,23,26)(H,24,27)(H2,22,25,28). The minimum absolute atomic E-state index is 0.0238. The van der Waals surface area contributed by atoms with E-state index in [4.69, 9.17) is 12.2 Å². The van der Waals surface area contributed by atoms with Crippen molar-refractivity contribution < 1.29 is 14.0 Å². The Bertz CT molecular complexity index is 832. The van der Waals surface area contributed by atoms with Crippen molar-refractivity contribution in [3.8, 4) is 0 Å². The first-order valence-electron chi connectivity index (χ1n) is 8.89. The molecule has 0 bridgehead atoms. The van der Waals surface area contributed by atoms with Gasteiger partial charge in [-0.3, -0.25) is 20.4 Å². The lowest BCUT2D eigenvalue weighted by atomic mass is 9.98. The SMILES string of the molecule is CCC(C)C(NC(=O)c1ccccc1)C(=O)NNC(=S)Nc1ccccc1F. The minimum atomic E-state index is -0.763. The molecule has 0 aromatic heterocycles. The molecular weight excluding hydrogens is 379 g/mol. The van der Waals surface area contributed by atoms with Crippen LogP contribution in [0.3, 0.4) is 0 Å². The van der Waals surface area contributed by atoms with E-state index in [-0.39, 0.29) is 22.6 Å². The van der Waals surface area contributed by atoms with Crippen LogP contribution in [-0.4, -0.2) is 23.0 Å². The molecule has 0 aliphatic heterocycles. The first kappa shape index (κ1) is 21.3. The van der Waals surface area contributed by atoms with Crippen LogP contribution in [0.25, 0.3) is 0 Å². The number of carbonyl (C=O) groups is 2. The molecule has 6 nitrogen and oxygen atoms in total. The van der Waals surface area contributed by atoms with E-state index >= 15 is 0 Å². The third-order valence-corrected chi connectivity index (χ3v) is 4.44. The normalized spacial score (nSPS) is 12.4. The van der Waals surface area contributed by atoms with Crippen LogP contribution in [0.4, 0.5) is 10.1 Å². The van der Waals surface area contributed by atoms with Crippen molar-refractivity contribution in [2.45, 2.75) is 26.3 Å². The lowest BCUT2D eigenvalue weighted by Crippen LogP contribution is -2.55. The third kappa shape index (κ3) is 6.02. The van der Waals surface area contributed by atoms with Gasteiger partial charge < -0.3 is 10.6 Å². The number of rotatable bonds is 6. The van der Waals surface area contributed by atoms with Crippen LogP contribution in [0.2, 0.25) is 0 Å². The molecule has 148 valence electrons. The zero-order chi connectivity index (χ0) is 20.5. The molecule has 0 saturated heterocycles. The maximum absolute atomic E-state index is 13.6. The van der Waals surface area contributed by atoms with E-state index in [1.165, 1.54) is 12.1 Å². The molecule has 2 aromatic rings. The lowest BCUT2D eigenvalue weighted by Gasteiger charge is -2.24. The van der Waals surface area contributed by atoms with Gasteiger partial charge in [0.25, 0.3) is 11.8 Å². The van der Waals surface area contributed by atoms with Gasteiger partial charge in [-0.25, -0.2) is 4.39 Å². The Balaban J connectivity index is 1.96. The highest BCUT2D eigenvalue weighted by atomic mass is 32.1. The maximum Gasteiger partial charge on any atom is 0.261 e. The van der Waals surface area contributed by atoms with Crippen molar-refractivity contribution in [1.29, 1.82) is 0 Å². The summed E-state index contributed by atoms with van der Waals surface area (Å²) in [4.78, 5) is 25.0. The van der Waals surface area contributed by atoms with Crippen LogP contribution in [0.15, 0.2) is 54.6 Å². The van der Waals surface area contributed by atoms with Crippen molar-refractivity contribution in [3.63, 3.8) is 0 Å². The second-order valence-electron chi connectivity index (χ2n) is 6.25. The number of nitrogens with one attached hydrogen (secondary N) is 4. The Hall–Kier alpha value is -3.00. The molecule has 4 N–H and O–H groups in total. The molecule has 2 aromatic carbocycles. The summed E-state index contributed by atoms with van der Waals surface area (Å²) in [7, 11) is 0. The number of thiocarbonyl (C=S) groups is 1. The van der Waals surface area contributed by atoms with Gasteiger partial charge in [0.05, 0.1) is 5.69 Å². The molecule has 28 heavy (non-hydrogen) atoms. The number of benzene rings is 2. The molecular formula is C20H23FN4O2S. The Labute approximate surface area is 168 Å². The number of carbonyl (C=O) groups excluding carboxylic acids is 2. The molecule has 0 aliphatic carbocycles. The summed E-state index contributed by atoms with van der Waals surface area (Å²) in [6.07, 6.45) is 0.686. The molecule has 0 radical (unpaired) electrons. The fourth-order valence-electron chi connectivity index (χ4n) is 2.43. The summed E-state index contributed by atoms with van der Waals surface area (Å²) in [6, 6.07) is 13.9. The molecule has 8 heteroatoms.